The Morgan fingerprint density at radius 3 is 1.88 bits per heavy atom. The third kappa shape index (κ3) is 6.72. The zero-order chi connectivity index (χ0) is 15.9. The zero-order valence-electron chi connectivity index (χ0n) is 13.7. The van der Waals surface area contributed by atoms with Crippen molar-refractivity contribution in [2.75, 3.05) is 0 Å². The Kier molecular flexibility index (Phi) is 9.62. The van der Waals surface area contributed by atoms with Crippen LogP contribution < -0.4 is 5.11 Å². The van der Waals surface area contributed by atoms with Crippen molar-refractivity contribution in [3.63, 3.8) is 0 Å². The van der Waals surface area contributed by atoms with Crippen LogP contribution in [0.25, 0.3) is 0 Å². The molecule has 0 N–H and O–H groups in total. The van der Waals surface area contributed by atoms with E-state index in [1.54, 1.807) is 0 Å². The van der Waals surface area contributed by atoms with Crippen molar-refractivity contribution in [2.24, 2.45) is 0 Å². The van der Waals surface area contributed by atoms with Gasteiger partial charge in [0.25, 0.3) is 0 Å². The van der Waals surface area contributed by atoms with Gasteiger partial charge in [-0.3, -0.25) is 0 Å². The molecule has 1 aliphatic carbocycles. The van der Waals surface area contributed by atoms with Gasteiger partial charge in [0.1, 0.15) is 12.4 Å². The molecule has 0 amide bonds. The van der Waals surface area contributed by atoms with Crippen LogP contribution in [0.5, 0.6) is 0 Å². The predicted octanol–water partition coefficient (Wildman–Crippen LogP) is 3.67. The van der Waals surface area contributed by atoms with Crippen LogP contribution in [-0.4, -0.2) is 0 Å². The van der Waals surface area contributed by atoms with Gasteiger partial charge in [-0.25, -0.2) is 0 Å². The summed E-state index contributed by atoms with van der Waals surface area (Å²) in [4.78, 5) is 0. The smallest absolute Gasteiger partial charge is 0.867 e. The summed E-state index contributed by atoms with van der Waals surface area (Å²) >= 11 is 0. The third-order valence-corrected chi connectivity index (χ3v) is 3.32. The molecule has 0 unspecified atom stereocenters. The largest absolute Gasteiger partial charge is 1.00 e. The number of hydrogen-bond acceptors (Lipinski definition) is 3. The Hall–Kier alpha value is -1.51. The van der Waals surface area contributed by atoms with E-state index in [2.05, 4.69) is 5.73 Å². The fourth-order valence-electron chi connectivity index (χ4n) is 2.14. The molecule has 25 heavy (non-hydrogen) atoms. The van der Waals surface area contributed by atoms with Crippen molar-refractivity contribution in [2.45, 2.75) is 13.2 Å². The van der Waals surface area contributed by atoms with Gasteiger partial charge in [0.2, 0.25) is 0 Å². The van der Waals surface area contributed by atoms with E-state index in [1.807, 2.05) is 60.7 Å². The van der Waals surface area contributed by atoms with Crippen LogP contribution in [-0.2, 0) is 50.4 Å². The Morgan fingerprint density at radius 1 is 0.800 bits per heavy atom. The van der Waals surface area contributed by atoms with Crippen LogP contribution in [0.2, 0.25) is 0 Å². The van der Waals surface area contributed by atoms with Gasteiger partial charge in [-0.15, -0.1) is 18.1 Å². The Balaban J connectivity index is 0.00000156. The minimum atomic E-state index is -0.222. The molecule has 0 bridgehead atoms. The van der Waals surface area contributed by atoms with Crippen LogP contribution in [0.15, 0.2) is 90.1 Å². The van der Waals surface area contributed by atoms with Gasteiger partial charge >= 0.3 is 27.7 Å². The van der Waals surface area contributed by atoms with Crippen molar-refractivity contribution < 1.29 is 42.2 Å². The predicted molar refractivity (Wildman–Crippen MR) is 92.6 cm³/mol. The molecule has 0 saturated heterocycles. The number of halogens is 1. The molecule has 0 fully saturated rings. The molecule has 0 aliphatic heterocycles. The SMILES string of the molecule is Cl.[Hg+].[O-]C1=C=C[C](OCc2ccccc2)C(OCc2ccccc2)=C1. The summed E-state index contributed by atoms with van der Waals surface area (Å²) in [5.74, 6) is 0.216. The minimum Gasteiger partial charge on any atom is -0.867 e. The van der Waals surface area contributed by atoms with E-state index in [4.69, 9.17) is 9.47 Å². The van der Waals surface area contributed by atoms with Gasteiger partial charge in [-0.05, 0) is 17.2 Å². The summed E-state index contributed by atoms with van der Waals surface area (Å²) in [6, 6.07) is 19.6. The average Bonchev–Trinajstić information content (AvgIpc) is 2.61. The summed E-state index contributed by atoms with van der Waals surface area (Å²) in [6.07, 6.45) is 3.46. The van der Waals surface area contributed by atoms with Crippen molar-refractivity contribution in [3.05, 3.63) is 107 Å². The van der Waals surface area contributed by atoms with E-state index in [9.17, 15) is 5.11 Å². The normalized spacial score (nSPS) is 13.1. The summed E-state index contributed by atoms with van der Waals surface area (Å²) in [5.41, 5.74) is 4.69. The summed E-state index contributed by atoms with van der Waals surface area (Å²) in [6.45, 7) is 0.792. The van der Waals surface area contributed by atoms with Crippen molar-refractivity contribution in [1.29, 1.82) is 0 Å². The van der Waals surface area contributed by atoms with Gasteiger partial charge in [-0.2, -0.15) is 0 Å². The molecule has 124 valence electrons. The minimum absolute atomic E-state index is 0. The zero-order valence-corrected chi connectivity index (χ0v) is 20.0. The molecule has 3 nitrogen and oxygen atoms in total. The molecule has 2 aromatic rings. The van der Waals surface area contributed by atoms with Gasteiger partial charge in [0.15, 0.2) is 6.10 Å². The fraction of sp³-hybridized carbons (Fsp3) is 0.100. The molecule has 2 aromatic carbocycles. The van der Waals surface area contributed by atoms with E-state index in [1.165, 1.54) is 12.2 Å². The summed E-state index contributed by atoms with van der Waals surface area (Å²) < 4.78 is 11.5. The van der Waals surface area contributed by atoms with Crippen LogP contribution in [0.3, 0.4) is 0 Å². The van der Waals surface area contributed by atoms with Crippen LogP contribution >= 0.6 is 12.4 Å². The molecular formula is C20H17ClHgO3. The molecule has 0 heterocycles. The first-order valence-corrected chi connectivity index (χ1v) is 7.37. The van der Waals surface area contributed by atoms with E-state index < -0.39 is 0 Å². The Labute approximate surface area is 174 Å². The fourth-order valence-corrected chi connectivity index (χ4v) is 2.14. The second kappa shape index (κ2) is 11.2. The van der Waals surface area contributed by atoms with Gasteiger partial charge in [0, 0.05) is 6.08 Å². The number of ether oxygens (including phenoxy) is 2. The average molecular weight is 541 g/mol. The maximum Gasteiger partial charge on any atom is 1.00 e. The first kappa shape index (κ1) is 21.5. The summed E-state index contributed by atoms with van der Waals surface area (Å²) in [5, 5.41) is 11.5. The van der Waals surface area contributed by atoms with E-state index in [-0.39, 0.29) is 45.8 Å². The Morgan fingerprint density at radius 2 is 1.32 bits per heavy atom. The maximum absolute atomic E-state index is 11.5. The monoisotopic (exact) mass is 542 g/mol. The number of benzene rings is 2. The standard InChI is InChI=1S/C20H17O3.ClH.Hg/c21-18-11-12-19(22-14-16-7-3-1-4-8-16)20(13-18)23-15-17-9-5-2-6-10-17;;/h1-10,12-13,21H,14-15H2;1H;/q;;+1/p-1. The van der Waals surface area contributed by atoms with Crippen molar-refractivity contribution >= 4 is 12.4 Å². The summed E-state index contributed by atoms with van der Waals surface area (Å²) in [7, 11) is 0. The molecule has 2 radical (unpaired) electrons. The van der Waals surface area contributed by atoms with Crippen LogP contribution in [0.4, 0.5) is 0 Å². The van der Waals surface area contributed by atoms with Crippen molar-refractivity contribution in [3.8, 4) is 0 Å². The molecule has 1 aliphatic rings. The van der Waals surface area contributed by atoms with Gasteiger partial charge < -0.3 is 14.6 Å². The maximum atomic E-state index is 11.5. The van der Waals surface area contributed by atoms with E-state index in [0.29, 0.717) is 25.1 Å². The number of rotatable bonds is 6. The molecule has 0 atom stereocenters. The van der Waals surface area contributed by atoms with Gasteiger partial charge in [-0.1, -0.05) is 66.4 Å². The quantitative estimate of drug-likeness (QED) is 0.414. The number of hydrogen-bond donors (Lipinski definition) is 0. The first-order valence-electron chi connectivity index (χ1n) is 7.37. The first-order chi connectivity index (χ1) is 11.3. The molecule has 0 spiro atoms. The molecule has 0 aromatic heterocycles. The van der Waals surface area contributed by atoms with Crippen LogP contribution in [0, 0.1) is 6.10 Å². The molecular weight excluding hydrogens is 524 g/mol. The Bertz CT molecular complexity index is 738. The van der Waals surface area contributed by atoms with Gasteiger partial charge in [0.05, 0.1) is 6.61 Å². The second-order valence-corrected chi connectivity index (χ2v) is 5.07. The molecule has 0 saturated carbocycles. The third-order valence-electron chi connectivity index (χ3n) is 3.32. The van der Waals surface area contributed by atoms with E-state index >= 15 is 0 Å². The molecule has 3 rings (SSSR count). The second-order valence-electron chi connectivity index (χ2n) is 5.07. The van der Waals surface area contributed by atoms with Crippen LogP contribution in [0.1, 0.15) is 11.1 Å². The van der Waals surface area contributed by atoms with E-state index in [0.717, 1.165) is 11.1 Å². The van der Waals surface area contributed by atoms with Crippen molar-refractivity contribution in [1.82, 2.24) is 0 Å². The topological polar surface area (TPSA) is 41.5 Å². The molecule has 5 heteroatoms.